The minimum absolute atomic E-state index is 0.170. The van der Waals surface area contributed by atoms with Crippen molar-refractivity contribution >= 4 is 23.0 Å². The molecule has 6 heteroatoms. The molecule has 94 valence electrons. The first-order valence-electron chi connectivity index (χ1n) is 5.10. The summed E-state index contributed by atoms with van der Waals surface area (Å²) < 4.78 is 38.8. The van der Waals surface area contributed by atoms with Crippen LogP contribution >= 0.6 is 12.2 Å². The van der Waals surface area contributed by atoms with Crippen LogP contribution in [0.3, 0.4) is 0 Å². The predicted octanol–water partition coefficient (Wildman–Crippen LogP) is 3.05. The summed E-state index contributed by atoms with van der Waals surface area (Å²) in [6.45, 7) is 4.57. The van der Waals surface area contributed by atoms with Crippen molar-refractivity contribution in [3.8, 4) is 0 Å². The van der Waals surface area contributed by atoms with E-state index in [-0.39, 0.29) is 10.8 Å². The summed E-state index contributed by atoms with van der Waals surface area (Å²) in [7, 11) is 0. The fraction of sp³-hybridized carbons (Fsp3) is 0.364. The molecule has 0 spiro atoms. The van der Waals surface area contributed by atoms with Gasteiger partial charge in [-0.25, -0.2) is 13.2 Å². The smallest absolute Gasteiger partial charge is 0.196 e. The lowest BCUT2D eigenvalue weighted by atomic mass is 10.2. The van der Waals surface area contributed by atoms with Gasteiger partial charge in [0.05, 0.1) is 5.69 Å². The van der Waals surface area contributed by atoms with E-state index in [0.717, 1.165) is 12.1 Å². The molecule has 0 atom stereocenters. The topological polar surface area (TPSA) is 24.1 Å². The van der Waals surface area contributed by atoms with Crippen molar-refractivity contribution in [1.29, 1.82) is 0 Å². The monoisotopic (exact) mass is 262 g/mol. The largest absolute Gasteiger partial charge is 0.362 e. The van der Waals surface area contributed by atoms with E-state index in [2.05, 4.69) is 10.6 Å². The third kappa shape index (κ3) is 3.89. The van der Waals surface area contributed by atoms with Crippen molar-refractivity contribution in [2.75, 3.05) is 11.9 Å². The van der Waals surface area contributed by atoms with Gasteiger partial charge in [0.2, 0.25) is 0 Å². The zero-order chi connectivity index (χ0) is 13.0. The Morgan fingerprint density at radius 2 is 1.88 bits per heavy atom. The Kier molecular flexibility index (Phi) is 4.74. The van der Waals surface area contributed by atoms with E-state index in [9.17, 15) is 13.2 Å². The Labute approximate surface area is 103 Å². The fourth-order valence-corrected chi connectivity index (χ4v) is 1.28. The van der Waals surface area contributed by atoms with Gasteiger partial charge in [0.25, 0.3) is 0 Å². The Hall–Kier alpha value is -1.30. The molecule has 1 aromatic carbocycles. The highest BCUT2D eigenvalue weighted by Crippen LogP contribution is 2.19. The third-order valence-electron chi connectivity index (χ3n) is 1.95. The molecule has 0 aliphatic carbocycles. The van der Waals surface area contributed by atoms with E-state index >= 15 is 0 Å². The molecular weight excluding hydrogens is 249 g/mol. The fourth-order valence-electron chi connectivity index (χ4n) is 1.09. The summed E-state index contributed by atoms with van der Waals surface area (Å²) in [6, 6.07) is 1.93. The maximum atomic E-state index is 13.3. The van der Waals surface area contributed by atoms with E-state index in [1.807, 2.05) is 13.8 Å². The molecule has 0 amide bonds. The van der Waals surface area contributed by atoms with Crippen molar-refractivity contribution in [2.24, 2.45) is 5.92 Å². The van der Waals surface area contributed by atoms with Crippen LogP contribution in [0.1, 0.15) is 13.8 Å². The van der Waals surface area contributed by atoms with Gasteiger partial charge in [-0.15, -0.1) is 0 Å². The lowest BCUT2D eigenvalue weighted by Gasteiger charge is -2.12. The van der Waals surface area contributed by atoms with E-state index in [1.54, 1.807) is 0 Å². The van der Waals surface area contributed by atoms with Gasteiger partial charge in [0.15, 0.2) is 22.6 Å². The lowest BCUT2D eigenvalue weighted by Crippen LogP contribution is -2.31. The highest BCUT2D eigenvalue weighted by Gasteiger charge is 2.13. The average Bonchev–Trinajstić information content (AvgIpc) is 2.27. The van der Waals surface area contributed by atoms with Gasteiger partial charge in [0, 0.05) is 6.54 Å². The second-order valence-electron chi connectivity index (χ2n) is 3.95. The van der Waals surface area contributed by atoms with Crippen LogP contribution in [0.4, 0.5) is 18.9 Å². The molecule has 0 aliphatic heterocycles. The second-order valence-corrected chi connectivity index (χ2v) is 4.36. The van der Waals surface area contributed by atoms with Crippen molar-refractivity contribution in [1.82, 2.24) is 5.32 Å². The predicted molar refractivity (Wildman–Crippen MR) is 65.4 cm³/mol. The van der Waals surface area contributed by atoms with Crippen LogP contribution in [-0.4, -0.2) is 11.7 Å². The quantitative estimate of drug-likeness (QED) is 0.646. The van der Waals surface area contributed by atoms with Crippen molar-refractivity contribution in [3.63, 3.8) is 0 Å². The lowest BCUT2D eigenvalue weighted by molar-refractivity contribution is 0.449. The molecule has 17 heavy (non-hydrogen) atoms. The summed E-state index contributed by atoms with van der Waals surface area (Å²) in [4.78, 5) is 0. The van der Waals surface area contributed by atoms with Crippen LogP contribution in [0, 0.1) is 23.4 Å². The standard InChI is InChI=1S/C11H13F3N2S/c1-6(2)5-15-11(17)16-8-4-3-7(12)9(13)10(8)14/h3-4,6H,5H2,1-2H3,(H2,15,16,17). The van der Waals surface area contributed by atoms with Crippen LogP contribution in [0.15, 0.2) is 12.1 Å². The molecule has 0 fully saturated rings. The first-order valence-corrected chi connectivity index (χ1v) is 5.51. The molecule has 0 saturated carbocycles. The normalized spacial score (nSPS) is 10.5. The molecule has 0 aliphatic rings. The maximum Gasteiger partial charge on any atom is 0.196 e. The van der Waals surface area contributed by atoms with Crippen LogP contribution in [0.5, 0.6) is 0 Å². The van der Waals surface area contributed by atoms with Crippen molar-refractivity contribution in [2.45, 2.75) is 13.8 Å². The van der Waals surface area contributed by atoms with Gasteiger partial charge in [-0.3, -0.25) is 0 Å². The maximum absolute atomic E-state index is 13.3. The molecule has 0 heterocycles. The van der Waals surface area contributed by atoms with Crippen LogP contribution in [0.2, 0.25) is 0 Å². The van der Waals surface area contributed by atoms with Crippen LogP contribution in [-0.2, 0) is 0 Å². The molecule has 2 N–H and O–H groups in total. The Morgan fingerprint density at radius 1 is 1.24 bits per heavy atom. The van der Waals surface area contributed by atoms with Crippen LogP contribution in [0.25, 0.3) is 0 Å². The Morgan fingerprint density at radius 3 is 2.47 bits per heavy atom. The molecule has 2 nitrogen and oxygen atoms in total. The first kappa shape index (κ1) is 13.8. The third-order valence-corrected chi connectivity index (χ3v) is 2.20. The van der Waals surface area contributed by atoms with Crippen molar-refractivity contribution < 1.29 is 13.2 Å². The van der Waals surface area contributed by atoms with Gasteiger partial charge in [-0.1, -0.05) is 13.8 Å². The minimum atomic E-state index is -1.51. The highest BCUT2D eigenvalue weighted by atomic mass is 32.1. The number of nitrogens with one attached hydrogen (secondary N) is 2. The molecule has 0 aromatic heterocycles. The number of rotatable bonds is 3. The number of hydrogen-bond donors (Lipinski definition) is 2. The highest BCUT2D eigenvalue weighted by molar-refractivity contribution is 7.80. The summed E-state index contributed by atoms with van der Waals surface area (Å²) >= 11 is 4.89. The van der Waals surface area contributed by atoms with Gasteiger partial charge < -0.3 is 10.6 Å². The van der Waals surface area contributed by atoms with E-state index in [1.165, 1.54) is 0 Å². The van der Waals surface area contributed by atoms with E-state index in [0.29, 0.717) is 12.5 Å². The van der Waals surface area contributed by atoms with E-state index < -0.39 is 17.5 Å². The molecule has 1 aromatic rings. The number of halogens is 3. The first-order chi connectivity index (χ1) is 7.91. The summed E-state index contributed by atoms with van der Waals surface area (Å²) in [5, 5.41) is 5.47. The summed E-state index contributed by atoms with van der Waals surface area (Å²) in [6.07, 6.45) is 0. The summed E-state index contributed by atoms with van der Waals surface area (Å²) in [5.74, 6) is -3.65. The van der Waals surface area contributed by atoms with Crippen molar-refractivity contribution in [3.05, 3.63) is 29.6 Å². The SMILES string of the molecule is CC(C)CNC(=S)Nc1ccc(F)c(F)c1F. The van der Waals surface area contributed by atoms with Gasteiger partial charge in [0.1, 0.15) is 0 Å². The zero-order valence-electron chi connectivity index (χ0n) is 9.48. The number of anilines is 1. The zero-order valence-corrected chi connectivity index (χ0v) is 10.3. The number of benzene rings is 1. The van der Waals surface area contributed by atoms with Gasteiger partial charge in [-0.2, -0.15) is 0 Å². The molecule has 0 bridgehead atoms. The second kappa shape index (κ2) is 5.86. The summed E-state index contributed by atoms with van der Waals surface area (Å²) in [5.41, 5.74) is -0.190. The van der Waals surface area contributed by atoms with Gasteiger partial charge in [-0.05, 0) is 30.3 Å². The number of hydrogen-bond acceptors (Lipinski definition) is 1. The molecule has 0 saturated heterocycles. The molecular formula is C11H13F3N2S. The van der Waals surface area contributed by atoms with E-state index in [4.69, 9.17) is 12.2 Å². The van der Waals surface area contributed by atoms with Gasteiger partial charge >= 0.3 is 0 Å². The molecule has 0 radical (unpaired) electrons. The van der Waals surface area contributed by atoms with Crippen LogP contribution < -0.4 is 10.6 Å². The molecule has 0 unspecified atom stereocenters. The molecule has 1 rings (SSSR count). The minimum Gasteiger partial charge on any atom is -0.362 e. The average molecular weight is 262 g/mol. The number of thiocarbonyl (C=S) groups is 1. The Bertz CT molecular complexity index is 421. The Balaban J connectivity index is 2.69.